The van der Waals surface area contributed by atoms with Crippen molar-refractivity contribution in [2.45, 2.75) is 52.3 Å². The summed E-state index contributed by atoms with van der Waals surface area (Å²) in [6.07, 6.45) is 1.10. The summed E-state index contributed by atoms with van der Waals surface area (Å²) < 4.78 is 11.6. The number of aryl methyl sites for hydroxylation is 1. The maximum Gasteiger partial charge on any atom is 0.191 e. The topological polar surface area (TPSA) is 66.9 Å². The first-order chi connectivity index (χ1) is 12.4. The molecule has 0 amide bonds. The molecule has 1 heterocycles. The van der Waals surface area contributed by atoms with Crippen LogP contribution in [0.5, 0.6) is 5.75 Å². The molecular weight excluding hydrogens is 455 g/mol. The number of nitrogens with zero attached hydrogens (tertiary/aromatic N) is 1. The van der Waals surface area contributed by atoms with E-state index in [0.717, 1.165) is 43.4 Å². The van der Waals surface area contributed by atoms with Gasteiger partial charge in [0.2, 0.25) is 0 Å². The van der Waals surface area contributed by atoms with E-state index in [9.17, 15) is 0 Å². The smallest absolute Gasteiger partial charge is 0.191 e. The summed E-state index contributed by atoms with van der Waals surface area (Å²) in [5.74, 6) is 1.72. The van der Waals surface area contributed by atoms with Crippen LogP contribution in [-0.4, -0.2) is 51.0 Å². The second-order valence-electron chi connectivity index (χ2n) is 7.74. The summed E-state index contributed by atoms with van der Waals surface area (Å²) in [5.41, 5.74) is 2.44. The van der Waals surface area contributed by atoms with E-state index in [-0.39, 0.29) is 35.6 Å². The van der Waals surface area contributed by atoms with Crippen molar-refractivity contribution in [3.05, 3.63) is 29.3 Å². The van der Waals surface area contributed by atoms with Crippen LogP contribution in [0.25, 0.3) is 0 Å². The van der Waals surface area contributed by atoms with Gasteiger partial charge in [-0.2, -0.15) is 0 Å². The second kappa shape index (κ2) is 11.7. The number of rotatable bonds is 7. The number of benzene rings is 1. The second-order valence-corrected chi connectivity index (χ2v) is 7.74. The van der Waals surface area contributed by atoms with Crippen LogP contribution in [0.3, 0.4) is 0 Å². The standard InChI is InChI=1S/C20H34N4O2.HI/c1-15-6-7-16(18(12-15)26-17-8-11-25-14-17)13-23-19(21-5)22-9-10-24-20(2,3)4;/h6-7,12,17,24H,8-11,13-14H2,1-5H3,(H2,21,22,23);1H. The molecule has 1 atom stereocenters. The highest BCUT2D eigenvalue weighted by atomic mass is 127. The Hall–Kier alpha value is -1.06. The quantitative estimate of drug-likeness (QED) is 0.238. The minimum atomic E-state index is 0. The Morgan fingerprint density at radius 1 is 1.26 bits per heavy atom. The number of guanidine groups is 1. The van der Waals surface area contributed by atoms with E-state index in [2.05, 4.69) is 66.8 Å². The number of nitrogens with one attached hydrogen (secondary N) is 3. The van der Waals surface area contributed by atoms with Crippen LogP contribution in [-0.2, 0) is 11.3 Å². The highest BCUT2D eigenvalue weighted by Crippen LogP contribution is 2.23. The van der Waals surface area contributed by atoms with Gasteiger partial charge in [0.15, 0.2) is 5.96 Å². The normalized spacial score (nSPS) is 17.4. The van der Waals surface area contributed by atoms with Gasteiger partial charge in [0.25, 0.3) is 0 Å². The fourth-order valence-electron chi connectivity index (χ4n) is 2.72. The summed E-state index contributed by atoms with van der Waals surface area (Å²) >= 11 is 0. The Morgan fingerprint density at radius 2 is 2.04 bits per heavy atom. The Balaban J connectivity index is 0.00000364. The Morgan fingerprint density at radius 3 is 2.67 bits per heavy atom. The van der Waals surface area contributed by atoms with E-state index < -0.39 is 0 Å². The van der Waals surface area contributed by atoms with Crippen LogP contribution in [0, 0.1) is 6.92 Å². The molecule has 3 N–H and O–H groups in total. The third-order valence-electron chi connectivity index (χ3n) is 4.15. The molecule has 154 valence electrons. The first kappa shape index (κ1) is 24.0. The van der Waals surface area contributed by atoms with Gasteiger partial charge in [0.05, 0.1) is 13.2 Å². The van der Waals surface area contributed by atoms with Crippen molar-refractivity contribution in [3.8, 4) is 5.75 Å². The van der Waals surface area contributed by atoms with Crippen LogP contribution in [0.15, 0.2) is 23.2 Å². The minimum absolute atomic E-state index is 0. The highest BCUT2D eigenvalue weighted by molar-refractivity contribution is 14.0. The average Bonchev–Trinajstić information content (AvgIpc) is 3.08. The summed E-state index contributed by atoms with van der Waals surface area (Å²) in [6.45, 7) is 12.4. The van der Waals surface area contributed by atoms with Crippen molar-refractivity contribution in [1.29, 1.82) is 0 Å². The zero-order chi connectivity index (χ0) is 19.0. The van der Waals surface area contributed by atoms with Crippen molar-refractivity contribution in [1.82, 2.24) is 16.0 Å². The van der Waals surface area contributed by atoms with Crippen molar-refractivity contribution in [2.24, 2.45) is 4.99 Å². The van der Waals surface area contributed by atoms with Gasteiger partial charge in [-0.05, 0) is 39.3 Å². The van der Waals surface area contributed by atoms with Crippen LogP contribution >= 0.6 is 24.0 Å². The van der Waals surface area contributed by atoms with Crippen molar-refractivity contribution in [3.63, 3.8) is 0 Å². The van der Waals surface area contributed by atoms with Gasteiger partial charge in [-0.15, -0.1) is 24.0 Å². The molecule has 2 rings (SSSR count). The number of aliphatic imine (C=N–C) groups is 1. The maximum atomic E-state index is 6.15. The number of hydrogen-bond acceptors (Lipinski definition) is 4. The number of halogens is 1. The minimum Gasteiger partial charge on any atom is -0.488 e. The molecule has 6 nitrogen and oxygen atoms in total. The predicted octanol–water partition coefficient (Wildman–Crippen LogP) is 2.83. The fourth-order valence-corrected chi connectivity index (χ4v) is 2.72. The first-order valence-corrected chi connectivity index (χ1v) is 9.41. The van der Waals surface area contributed by atoms with E-state index in [1.54, 1.807) is 7.05 Å². The zero-order valence-electron chi connectivity index (χ0n) is 17.2. The van der Waals surface area contributed by atoms with E-state index >= 15 is 0 Å². The van der Waals surface area contributed by atoms with E-state index in [1.807, 2.05) is 0 Å². The van der Waals surface area contributed by atoms with E-state index in [0.29, 0.717) is 13.2 Å². The van der Waals surface area contributed by atoms with Crippen LogP contribution in [0.4, 0.5) is 0 Å². The zero-order valence-corrected chi connectivity index (χ0v) is 19.6. The Kier molecular flexibility index (Phi) is 10.4. The lowest BCUT2D eigenvalue weighted by atomic mass is 10.1. The van der Waals surface area contributed by atoms with Gasteiger partial charge in [0.1, 0.15) is 11.9 Å². The van der Waals surface area contributed by atoms with Gasteiger partial charge in [-0.1, -0.05) is 12.1 Å². The number of hydrogen-bond donors (Lipinski definition) is 3. The maximum absolute atomic E-state index is 6.15. The SMILES string of the molecule is CN=C(NCCNC(C)(C)C)NCc1ccc(C)cc1OC1CCOC1.I. The van der Waals surface area contributed by atoms with Crippen molar-refractivity contribution in [2.75, 3.05) is 33.4 Å². The summed E-state index contributed by atoms with van der Waals surface area (Å²) in [6, 6.07) is 6.32. The molecule has 1 saturated heterocycles. The summed E-state index contributed by atoms with van der Waals surface area (Å²) in [5, 5.41) is 10.2. The molecule has 0 saturated carbocycles. The first-order valence-electron chi connectivity index (χ1n) is 9.41. The molecule has 27 heavy (non-hydrogen) atoms. The lowest BCUT2D eigenvalue weighted by Crippen LogP contribution is -2.44. The van der Waals surface area contributed by atoms with Gasteiger partial charge in [-0.25, -0.2) is 0 Å². The predicted molar refractivity (Wildman–Crippen MR) is 122 cm³/mol. The Labute approximate surface area is 180 Å². The molecule has 1 aromatic carbocycles. The number of ether oxygens (including phenoxy) is 2. The lowest BCUT2D eigenvalue weighted by molar-refractivity contribution is 0.140. The molecule has 0 spiro atoms. The van der Waals surface area contributed by atoms with Gasteiger partial charge < -0.3 is 25.4 Å². The monoisotopic (exact) mass is 490 g/mol. The molecule has 0 radical (unpaired) electrons. The van der Waals surface area contributed by atoms with Crippen LogP contribution in [0.1, 0.15) is 38.3 Å². The summed E-state index contributed by atoms with van der Waals surface area (Å²) in [4.78, 5) is 4.29. The molecule has 7 heteroatoms. The molecular formula is C20H35IN4O2. The molecule has 1 fully saturated rings. The lowest BCUT2D eigenvalue weighted by Gasteiger charge is -2.21. The van der Waals surface area contributed by atoms with Crippen LogP contribution in [0.2, 0.25) is 0 Å². The van der Waals surface area contributed by atoms with E-state index in [1.165, 1.54) is 5.56 Å². The molecule has 0 aliphatic carbocycles. The van der Waals surface area contributed by atoms with Crippen molar-refractivity contribution >= 4 is 29.9 Å². The molecule has 1 aliphatic heterocycles. The van der Waals surface area contributed by atoms with Crippen LogP contribution < -0.4 is 20.7 Å². The fraction of sp³-hybridized carbons (Fsp3) is 0.650. The third kappa shape index (κ3) is 9.12. The largest absolute Gasteiger partial charge is 0.488 e. The summed E-state index contributed by atoms with van der Waals surface area (Å²) in [7, 11) is 1.79. The third-order valence-corrected chi connectivity index (χ3v) is 4.15. The van der Waals surface area contributed by atoms with Crippen molar-refractivity contribution < 1.29 is 9.47 Å². The Bertz CT molecular complexity index is 596. The molecule has 0 bridgehead atoms. The van der Waals surface area contributed by atoms with Gasteiger partial charge >= 0.3 is 0 Å². The molecule has 0 aromatic heterocycles. The van der Waals surface area contributed by atoms with E-state index in [4.69, 9.17) is 9.47 Å². The average molecular weight is 490 g/mol. The van der Waals surface area contributed by atoms with Gasteiger partial charge in [-0.3, -0.25) is 4.99 Å². The van der Waals surface area contributed by atoms with Gasteiger partial charge in [0, 0.05) is 44.2 Å². The highest BCUT2D eigenvalue weighted by Gasteiger charge is 2.18. The molecule has 1 aliphatic rings. The molecule has 1 aromatic rings. The molecule has 1 unspecified atom stereocenters.